The highest BCUT2D eigenvalue weighted by atomic mass is 16.3. The molecule has 0 saturated carbocycles. The molecule has 3 aromatic heterocycles. The molecular formula is C17H24N8O2. The second-order valence-electron chi connectivity index (χ2n) is 6.41. The van der Waals surface area contributed by atoms with Crippen LogP contribution >= 0.6 is 0 Å². The molecule has 0 amide bonds. The molecule has 10 nitrogen and oxygen atoms in total. The van der Waals surface area contributed by atoms with Crippen molar-refractivity contribution in [1.82, 2.24) is 29.5 Å². The molecule has 0 bridgehead atoms. The Kier molecular flexibility index (Phi) is 5.67. The molecule has 2 unspecified atom stereocenters. The zero-order valence-electron chi connectivity index (χ0n) is 15.5. The molecule has 0 aromatic carbocycles. The number of hydrogen-bond acceptors (Lipinski definition) is 8. The van der Waals surface area contributed by atoms with Crippen LogP contribution in [0.25, 0.3) is 0 Å². The Hall–Kier alpha value is -2.98. The second kappa shape index (κ2) is 8.14. The highest BCUT2D eigenvalue weighted by Gasteiger charge is 2.13. The van der Waals surface area contributed by atoms with E-state index >= 15 is 0 Å². The lowest BCUT2D eigenvalue weighted by Crippen LogP contribution is -2.16. The van der Waals surface area contributed by atoms with Gasteiger partial charge in [-0.1, -0.05) is 0 Å². The molecule has 3 aromatic rings. The van der Waals surface area contributed by atoms with Crippen LogP contribution in [-0.2, 0) is 14.1 Å². The Morgan fingerprint density at radius 3 is 2.00 bits per heavy atom. The standard InChI is InChI=1S/C17H24N8O2/c1-11-4-19-17(20-8-15(27)13-6-22-25(3)10-13)23-16(11)18-7-14(26)12-5-21-24(2)9-12/h4-6,9-10,14-15,26-27H,7-8H2,1-3H3,(H2,18,19,20,23). The number of nitrogens with zero attached hydrogens (tertiary/aromatic N) is 6. The van der Waals surface area contributed by atoms with Crippen molar-refractivity contribution in [2.75, 3.05) is 23.7 Å². The van der Waals surface area contributed by atoms with Gasteiger partial charge in [-0.2, -0.15) is 15.2 Å². The number of aliphatic hydroxyl groups excluding tert-OH is 2. The van der Waals surface area contributed by atoms with Gasteiger partial charge >= 0.3 is 0 Å². The average Bonchev–Trinajstić information content (AvgIpc) is 3.28. The van der Waals surface area contributed by atoms with Crippen molar-refractivity contribution >= 4 is 11.8 Å². The zero-order valence-corrected chi connectivity index (χ0v) is 15.5. The summed E-state index contributed by atoms with van der Waals surface area (Å²) in [4.78, 5) is 8.65. The fraction of sp³-hybridized carbons (Fsp3) is 0.412. The Balaban J connectivity index is 1.58. The summed E-state index contributed by atoms with van der Waals surface area (Å²) in [6.45, 7) is 2.43. The number of rotatable bonds is 8. The number of nitrogens with one attached hydrogen (secondary N) is 2. The van der Waals surface area contributed by atoms with E-state index in [0.29, 0.717) is 18.3 Å². The summed E-state index contributed by atoms with van der Waals surface area (Å²) >= 11 is 0. The minimum absolute atomic E-state index is 0.256. The summed E-state index contributed by atoms with van der Waals surface area (Å²) in [7, 11) is 3.60. The maximum atomic E-state index is 10.2. The van der Waals surface area contributed by atoms with Gasteiger partial charge in [-0.3, -0.25) is 9.36 Å². The molecule has 0 aliphatic rings. The molecule has 0 fully saturated rings. The van der Waals surface area contributed by atoms with Crippen molar-refractivity contribution in [3.8, 4) is 0 Å². The minimum atomic E-state index is -0.715. The summed E-state index contributed by atoms with van der Waals surface area (Å²) in [5.74, 6) is 1.01. The first-order chi connectivity index (χ1) is 12.9. The van der Waals surface area contributed by atoms with Crippen molar-refractivity contribution in [2.24, 2.45) is 14.1 Å². The molecule has 0 aliphatic carbocycles. The third-order valence-electron chi connectivity index (χ3n) is 4.11. The van der Waals surface area contributed by atoms with Crippen LogP contribution in [0.4, 0.5) is 11.8 Å². The largest absolute Gasteiger partial charge is 0.386 e. The van der Waals surface area contributed by atoms with Gasteiger partial charge in [0.25, 0.3) is 0 Å². The summed E-state index contributed by atoms with van der Waals surface area (Å²) in [6.07, 6.45) is 7.05. The molecule has 0 spiro atoms. The van der Waals surface area contributed by atoms with Gasteiger partial charge < -0.3 is 20.8 Å². The Morgan fingerprint density at radius 1 is 0.926 bits per heavy atom. The van der Waals surface area contributed by atoms with Crippen molar-refractivity contribution in [2.45, 2.75) is 19.1 Å². The smallest absolute Gasteiger partial charge is 0.224 e. The van der Waals surface area contributed by atoms with Crippen LogP contribution in [0.3, 0.4) is 0 Å². The van der Waals surface area contributed by atoms with E-state index in [2.05, 4.69) is 30.8 Å². The van der Waals surface area contributed by atoms with Gasteiger partial charge in [-0.25, -0.2) is 4.98 Å². The molecule has 2 atom stereocenters. The molecule has 0 radical (unpaired) electrons. The third-order valence-corrected chi connectivity index (χ3v) is 4.11. The monoisotopic (exact) mass is 372 g/mol. The predicted molar refractivity (Wildman–Crippen MR) is 100 cm³/mol. The summed E-state index contributed by atoms with van der Waals surface area (Å²) in [5, 5.41) is 34.7. The van der Waals surface area contributed by atoms with Crippen molar-refractivity contribution in [3.63, 3.8) is 0 Å². The quantitative estimate of drug-likeness (QED) is 0.451. The molecule has 4 N–H and O–H groups in total. The van der Waals surface area contributed by atoms with Crippen LogP contribution in [0.15, 0.2) is 31.0 Å². The van der Waals surface area contributed by atoms with Crippen LogP contribution in [-0.4, -0.2) is 52.8 Å². The minimum Gasteiger partial charge on any atom is -0.386 e. The van der Waals surface area contributed by atoms with E-state index in [-0.39, 0.29) is 6.54 Å². The first kappa shape index (κ1) is 18.8. The summed E-state index contributed by atoms with van der Waals surface area (Å²) in [6, 6.07) is 0. The van der Waals surface area contributed by atoms with Crippen LogP contribution in [0.5, 0.6) is 0 Å². The Morgan fingerprint density at radius 2 is 1.48 bits per heavy atom. The number of aromatic nitrogens is 6. The van der Waals surface area contributed by atoms with Crippen molar-refractivity contribution < 1.29 is 10.2 Å². The van der Waals surface area contributed by atoms with Gasteiger partial charge in [0.2, 0.25) is 5.95 Å². The van der Waals surface area contributed by atoms with Gasteiger partial charge in [-0.15, -0.1) is 0 Å². The molecule has 0 saturated heterocycles. The lowest BCUT2D eigenvalue weighted by Gasteiger charge is -2.14. The summed E-state index contributed by atoms with van der Waals surface area (Å²) < 4.78 is 3.28. The number of aryl methyl sites for hydroxylation is 3. The van der Waals surface area contributed by atoms with E-state index in [1.165, 1.54) is 0 Å². The van der Waals surface area contributed by atoms with Crippen LogP contribution in [0, 0.1) is 6.92 Å². The lowest BCUT2D eigenvalue weighted by atomic mass is 10.2. The van der Waals surface area contributed by atoms with E-state index in [4.69, 9.17) is 0 Å². The highest BCUT2D eigenvalue weighted by molar-refractivity contribution is 5.46. The second-order valence-corrected chi connectivity index (χ2v) is 6.41. The van der Waals surface area contributed by atoms with E-state index in [1.54, 1.807) is 54.4 Å². The van der Waals surface area contributed by atoms with E-state index in [9.17, 15) is 10.2 Å². The number of hydrogen-bond donors (Lipinski definition) is 4. The van der Waals surface area contributed by atoms with E-state index in [1.807, 2.05) is 6.92 Å². The first-order valence-corrected chi connectivity index (χ1v) is 8.57. The predicted octanol–water partition coefficient (Wildman–Crippen LogP) is 0.543. The molecular weight excluding hydrogens is 348 g/mol. The topological polar surface area (TPSA) is 126 Å². The Bertz CT molecular complexity index is 891. The van der Waals surface area contributed by atoms with Crippen molar-refractivity contribution in [3.05, 3.63) is 47.7 Å². The molecule has 3 rings (SSSR count). The zero-order chi connectivity index (χ0) is 19.4. The van der Waals surface area contributed by atoms with Crippen LogP contribution < -0.4 is 10.6 Å². The Labute approximate surface area is 156 Å². The number of aliphatic hydroxyl groups is 2. The molecule has 27 heavy (non-hydrogen) atoms. The van der Waals surface area contributed by atoms with E-state index in [0.717, 1.165) is 16.7 Å². The average molecular weight is 372 g/mol. The van der Waals surface area contributed by atoms with Crippen molar-refractivity contribution in [1.29, 1.82) is 0 Å². The SMILES string of the molecule is Cc1cnc(NCC(O)c2cnn(C)c2)nc1NCC(O)c1cnn(C)c1. The maximum Gasteiger partial charge on any atom is 0.224 e. The fourth-order valence-corrected chi connectivity index (χ4v) is 2.55. The molecule has 0 aliphatic heterocycles. The first-order valence-electron chi connectivity index (χ1n) is 8.57. The normalized spacial score (nSPS) is 13.4. The third kappa shape index (κ3) is 4.80. The summed E-state index contributed by atoms with van der Waals surface area (Å²) in [5.41, 5.74) is 2.30. The molecule has 144 valence electrons. The van der Waals surface area contributed by atoms with E-state index < -0.39 is 12.2 Å². The van der Waals surface area contributed by atoms with Gasteiger partial charge in [0.15, 0.2) is 0 Å². The van der Waals surface area contributed by atoms with Gasteiger partial charge in [-0.05, 0) is 6.92 Å². The maximum absolute atomic E-state index is 10.2. The van der Waals surface area contributed by atoms with Crippen LogP contribution in [0.1, 0.15) is 28.9 Å². The van der Waals surface area contributed by atoms with Gasteiger partial charge in [0, 0.05) is 62.5 Å². The van der Waals surface area contributed by atoms with Crippen LogP contribution in [0.2, 0.25) is 0 Å². The van der Waals surface area contributed by atoms with Gasteiger partial charge in [0.05, 0.1) is 24.6 Å². The lowest BCUT2D eigenvalue weighted by molar-refractivity contribution is 0.191. The van der Waals surface area contributed by atoms with Gasteiger partial charge in [0.1, 0.15) is 5.82 Å². The molecule has 10 heteroatoms. The highest BCUT2D eigenvalue weighted by Crippen LogP contribution is 2.17. The fourth-order valence-electron chi connectivity index (χ4n) is 2.55. The number of anilines is 2. The molecule has 3 heterocycles.